The summed E-state index contributed by atoms with van der Waals surface area (Å²) in [6.45, 7) is -0.286. The second kappa shape index (κ2) is 8.04. The SMILES string of the molecule is COC(=O)COc1ccc2ccccc2c1C=Nn1c(=O)[nH]c2ccccc2c1=O. The molecule has 4 rings (SSSR count). The van der Waals surface area contributed by atoms with Crippen LogP contribution in [-0.4, -0.2) is 35.6 Å². The molecular weight excluding hydrogens is 386 g/mol. The van der Waals surface area contributed by atoms with Crippen LogP contribution in [0.5, 0.6) is 5.75 Å². The molecule has 1 N–H and O–H groups in total. The standard InChI is InChI=1S/C22H17N3O5/c1-29-20(26)13-30-19-11-10-14-6-2-3-7-15(14)17(19)12-23-25-21(27)16-8-4-5-9-18(16)24-22(25)28/h2-12H,13H2,1H3,(H,24,28). The van der Waals surface area contributed by atoms with Gasteiger partial charge in [-0.1, -0.05) is 42.5 Å². The predicted molar refractivity (Wildman–Crippen MR) is 113 cm³/mol. The number of carbonyl (C=O) groups excluding carboxylic acids is 1. The zero-order chi connectivity index (χ0) is 21.1. The van der Waals surface area contributed by atoms with Crippen LogP contribution in [-0.2, 0) is 9.53 Å². The van der Waals surface area contributed by atoms with Crippen molar-refractivity contribution in [2.24, 2.45) is 5.10 Å². The summed E-state index contributed by atoms with van der Waals surface area (Å²) in [6.07, 6.45) is 1.38. The van der Waals surface area contributed by atoms with Gasteiger partial charge in [-0.25, -0.2) is 9.59 Å². The molecular formula is C22H17N3O5. The predicted octanol–water partition coefficient (Wildman–Crippen LogP) is 2.28. The Bertz CT molecular complexity index is 1400. The molecule has 150 valence electrons. The van der Waals surface area contributed by atoms with Crippen LogP contribution in [0.25, 0.3) is 21.7 Å². The van der Waals surface area contributed by atoms with Gasteiger partial charge in [-0.2, -0.15) is 5.10 Å². The number of benzene rings is 3. The van der Waals surface area contributed by atoms with E-state index < -0.39 is 17.2 Å². The minimum absolute atomic E-state index is 0.286. The lowest BCUT2D eigenvalue weighted by Crippen LogP contribution is -2.32. The van der Waals surface area contributed by atoms with Gasteiger partial charge in [-0.3, -0.25) is 4.79 Å². The molecule has 0 fully saturated rings. The molecule has 8 nitrogen and oxygen atoms in total. The molecule has 0 bridgehead atoms. The third-order valence-electron chi connectivity index (χ3n) is 4.59. The highest BCUT2D eigenvalue weighted by atomic mass is 16.6. The number of H-pyrrole nitrogens is 1. The number of ether oxygens (including phenoxy) is 2. The van der Waals surface area contributed by atoms with Crippen LogP contribution >= 0.6 is 0 Å². The van der Waals surface area contributed by atoms with Gasteiger partial charge in [0.15, 0.2) is 6.61 Å². The van der Waals surface area contributed by atoms with Gasteiger partial charge >= 0.3 is 11.7 Å². The first kappa shape index (κ1) is 19.1. The molecule has 30 heavy (non-hydrogen) atoms. The number of rotatable bonds is 5. The van der Waals surface area contributed by atoms with Crippen LogP contribution < -0.4 is 16.0 Å². The van der Waals surface area contributed by atoms with E-state index in [2.05, 4.69) is 14.8 Å². The van der Waals surface area contributed by atoms with Crippen molar-refractivity contribution in [2.75, 3.05) is 13.7 Å². The Balaban J connectivity index is 1.84. The van der Waals surface area contributed by atoms with E-state index in [0.717, 1.165) is 15.4 Å². The van der Waals surface area contributed by atoms with E-state index >= 15 is 0 Å². The maximum Gasteiger partial charge on any atom is 0.349 e. The van der Waals surface area contributed by atoms with E-state index in [4.69, 9.17) is 4.74 Å². The van der Waals surface area contributed by atoms with Gasteiger partial charge in [-0.05, 0) is 29.0 Å². The van der Waals surface area contributed by atoms with Crippen molar-refractivity contribution >= 4 is 33.9 Å². The summed E-state index contributed by atoms with van der Waals surface area (Å²) in [4.78, 5) is 39.2. The van der Waals surface area contributed by atoms with Gasteiger partial charge in [0.2, 0.25) is 0 Å². The molecule has 8 heteroatoms. The molecule has 0 spiro atoms. The fourth-order valence-electron chi connectivity index (χ4n) is 3.10. The zero-order valence-electron chi connectivity index (χ0n) is 16.0. The lowest BCUT2D eigenvalue weighted by Gasteiger charge is -2.11. The molecule has 0 unspecified atom stereocenters. The Morgan fingerprint density at radius 3 is 2.57 bits per heavy atom. The molecule has 0 radical (unpaired) electrons. The van der Waals surface area contributed by atoms with E-state index in [1.165, 1.54) is 13.3 Å². The van der Waals surface area contributed by atoms with Crippen LogP contribution in [0.15, 0.2) is 75.4 Å². The molecule has 0 atom stereocenters. The highest BCUT2D eigenvalue weighted by molar-refractivity contribution is 6.02. The van der Waals surface area contributed by atoms with E-state index in [1.54, 1.807) is 30.3 Å². The second-order valence-corrected chi connectivity index (χ2v) is 6.40. The number of nitrogens with one attached hydrogen (secondary N) is 1. The van der Waals surface area contributed by atoms with Crippen molar-refractivity contribution in [1.29, 1.82) is 0 Å². The quantitative estimate of drug-likeness (QED) is 0.407. The van der Waals surface area contributed by atoms with Crippen LogP contribution in [0.3, 0.4) is 0 Å². The maximum absolute atomic E-state index is 12.7. The first-order chi connectivity index (χ1) is 14.6. The summed E-state index contributed by atoms with van der Waals surface area (Å²) < 4.78 is 10.9. The van der Waals surface area contributed by atoms with Gasteiger partial charge in [-0.15, -0.1) is 4.68 Å². The van der Waals surface area contributed by atoms with Crippen molar-refractivity contribution in [3.05, 3.63) is 87.1 Å². The maximum atomic E-state index is 12.7. The average molecular weight is 403 g/mol. The molecule has 0 aliphatic heterocycles. The smallest absolute Gasteiger partial charge is 0.349 e. The van der Waals surface area contributed by atoms with Crippen molar-refractivity contribution in [1.82, 2.24) is 9.66 Å². The number of fused-ring (bicyclic) bond motifs is 2. The monoisotopic (exact) mass is 403 g/mol. The molecule has 4 aromatic rings. The molecule has 0 saturated carbocycles. The first-order valence-electron chi connectivity index (χ1n) is 9.08. The number of methoxy groups -OCH3 is 1. The number of carbonyl (C=O) groups is 1. The van der Waals surface area contributed by atoms with Gasteiger partial charge in [0.1, 0.15) is 5.75 Å². The number of para-hydroxylation sites is 1. The highest BCUT2D eigenvalue weighted by Gasteiger charge is 2.11. The fourth-order valence-corrected chi connectivity index (χ4v) is 3.10. The third-order valence-corrected chi connectivity index (χ3v) is 4.59. The van der Waals surface area contributed by atoms with Crippen LogP contribution in [0.4, 0.5) is 0 Å². The summed E-state index contributed by atoms with van der Waals surface area (Å²) >= 11 is 0. The Kier molecular flexibility index (Phi) is 5.13. The van der Waals surface area contributed by atoms with Gasteiger partial charge < -0.3 is 14.5 Å². The molecule has 0 aliphatic rings. The molecule has 3 aromatic carbocycles. The zero-order valence-corrected chi connectivity index (χ0v) is 16.0. The van der Waals surface area contributed by atoms with E-state index in [-0.39, 0.29) is 6.61 Å². The molecule has 0 aliphatic carbocycles. The highest BCUT2D eigenvalue weighted by Crippen LogP contribution is 2.26. The summed E-state index contributed by atoms with van der Waals surface area (Å²) in [5.41, 5.74) is -0.238. The second-order valence-electron chi connectivity index (χ2n) is 6.40. The molecule has 0 saturated heterocycles. The topological polar surface area (TPSA) is 103 Å². The number of hydrogen-bond donors (Lipinski definition) is 1. The van der Waals surface area contributed by atoms with Gasteiger partial charge in [0.25, 0.3) is 5.56 Å². The minimum Gasteiger partial charge on any atom is -0.481 e. The number of hydrogen-bond acceptors (Lipinski definition) is 6. The molecule has 0 amide bonds. The van der Waals surface area contributed by atoms with Crippen molar-refractivity contribution in [3.8, 4) is 5.75 Å². The lowest BCUT2D eigenvalue weighted by atomic mass is 10.0. The van der Waals surface area contributed by atoms with E-state index in [1.807, 2.05) is 30.3 Å². The summed E-state index contributed by atoms with van der Waals surface area (Å²) in [7, 11) is 1.27. The van der Waals surface area contributed by atoms with Gasteiger partial charge in [0, 0.05) is 5.56 Å². The molecule has 1 heterocycles. The van der Waals surface area contributed by atoms with Crippen LogP contribution in [0.1, 0.15) is 5.56 Å². The fraction of sp³-hybridized carbons (Fsp3) is 0.0909. The average Bonchev–Trinajstić information content (AvgIpc) is 2.77. The number of aromatic amines is 1. The van der Waals surface area contributed by atoms with Gasteiger partial charge in [0.05, 0.1) is 24.2 Å². The molecule has 1 aromatic heterocycles. The Hall–Kier alpha value is -4.20. The summed E-state index contributed by atoms with van der Waals surface area (Å²) in [5.74, 6) is -0.165. The Labute approximate surface area is 170 Å². The summed E-state index contributed by atoms with van der Waals surface area (Å²) in [5, 5.41) is 6.16. The lowest BCUT2D eigenvalue weighted by molar-refractivity contribution is -0.142. The van der Waals surface area contributed by atoms with Crippen molar-refractivity contribution < 1.29 is 14.3 Å². The van der Waals surface area contributed by atoms with E-state index in [0.29, 0.717) is 22.2 Å². The normalized spacial score (nSPS) is 11.2. The van der Waals surface area contributed by atoms with Crippen LogP contribution in [0.2, 0.25) is 0 Å². The Morgan fingerprint density at radius 1 is 1.03 bits per heavy atom. The van der Waals surface area contributed by atoms with Crippen LogP contribution in [0, 0.1) is 0 Å². The minimum atomic E-state index is -0.660. The largest absolute Gasteiger partial charge is 0.481 e. The number of nitrogens with zero attached hydrogens (tertiary/aromatic N) is 2. The third kappa shape index (κ3) is 3.58. The first-order valence-corrected chi connectivity index (χ1v) is 9.08. The summed E-state index contributed by atoms with van der Waals surface area (Å²) in [6, 6.07) is 17.7. The number of aromatic nitrogens is 2. The Morgan fingerprint density at radius 2 is 1.77 bits per heavy atom. The van der Waals surface area contributed by atoms with Crippen molar-refractivity contribution in [2.45, 2.75) is 0 Å². The van der Waals surface area contributed by atoms with Crippen molar-refractivity contribution in [3.63, 3.8) is 0 Å². The van der Waals surface area contributed by atoms with E-state index in [9.17, 15) is 14.4 Å². The number of esters is 1.